The summed E-state index contributed by atoms with van der Waals surface area (Å²) >= 11 is 0. The van der Waals surface area contributed by atoms with E-state index < -0.39 is 6.03 Å². The normalized spacial score (nSPS) is 20.0. The van der Waals surface area contributed by atoms with Gasteiger partial charge < -0.3 is 20.7 Å². The number of carbonyl (C=O) groups is 3. The molecule has 0 aromatic heterocycles. The molecule has 25 heavy (non-hydrogen) atoms. The number of hydrogen-bond acceptors (Lipinski definition) is 5. The Labute approximate surface area is 151 Å². The van der Waals surface area contributed by atoms with E-state index in [0.29, 0.717) is 25.3 Å². The number of morpholine rings is 1. The van der Waals surface area contributed by atoms with Gasteiger partial charge in [0, 0.05) is 24.7 Å². The number of halogens is 1. The number of imide groups is 1. The molecule has 1 unspecified atom stereocenters. The number of nitrogens with one attached hydrogen (secondary N) is 3. The van der Waals surface area contributed by atoms with Gasteiger partial charge in [0.1, 0.15) is 0 Å². The summed E-state index contributed by atoms with van der Waals surface area (Å²) in [6.07, 6.45) is 0.331. The van der Waals surface area contributed by atoms with Gasteiger partial charge >= 0.3 is 6.03 Å². The van der Waals surface area contributed by atoms with E-state index in [1.165, 1.54) is 0 Å². The lowest BCUT2D eigenvalue weighted by molar-refractivity contribution is -0.125. The molecule has 2 aliphatic rings. The summed E-state index contributed by atoms with van der Waals surface area (Å²) < 4.78 is 5.33. The van der Waals surface area contributed by atoms with Gasteiger partial charge in [-0.2, -0.15) is 0 Å². The van der Waals surface area contributed by atoms with E-state index in [1.54, 1.807) is 18.2 Å². The molecule has 3 N–H and O–H groups in total. The minimum absolute atomic E-state index is 0. The monoisotopic (exact) mass is 368 g/mol. The van der Waals surface area contributed by atoms with Crippen molar-refractivity contribution in [3.8, 4) is 0 Å². The molecule has 9 heteroatoms. The highest BCUT2D eigenvalue weighted by Gasteiger charge is 2.28. The highest BCUT2D eigenvalue weighted by atomic mass is 35.5. The number of hydrogen-bond donors (Lipinski definition) is 3. The predicted octanol–water partition coefficient (Wildman–Crippen LogP) is 0.477. The third kappa shape index (κ3) is 5.15. The molecular weight excluding hydrogens is 348 g/mol. The van der Waals surface area contributed by atoms with E-state index in [1.807, 2.05) is 6.07 Å². The lowest BCUT2D eigenvalue weighted by atomic mass is 10.1. The Balaban J connectivity index is 0.00000225. The Morgan fingerprint density at radius 2 is 2.20 bits per heavy atom. The van der Waals surface area contributed by atoms with E-state index >= 15 is 0 Å². The fourth-order valence-corrected chi connectivity index (χ4v) is 2.73. The van der Waals surface area contributed by atoms with Crippen LogP contribution >= 0.6 is 12.4 Å². The van der Waals surface area contributed by atoms with Gasteiger partial charge in [-0.05, 0) is 17.7 Å². The molecule has 0 radical (unpaired) electrons. The van der Waals surface area contributed by atoms with Crippen molar-refractivity contribution in [1.29, 1.82) is 0 Å². The highest BCUT2D eigenvalue weighted by Crippen LogP contribution is 2.15. The molecule has 2 fully saturated rings. The van der Waals surface area contributed by atoms with Gasteiger partial charge in [0.2, 0.25) is 11.8 Å². The molecule has 3 rings (SSSR count). The van der Waals surface area contributed by atoms with Crippen molar-refractivity contribution in [2.24, 2.45) is 0 Å². The van der Waals surface area contributed by atoms with Crippen LogP contribution in [-0.2, 0) is 20.9 Å². The van der Waals surface area contributed by atoms with Crippen LogP contribution in [0.3, 0.4) is 0 Å². The van der Waals surface area contributed by atoms with E-state index in [2.05, 4.69) is 16.0 Å². The summed E-state index contributed by atoms with van der Waals surface area (Å²) in [4.78, 5) is 36.5. The summed E-state index contributed by atoms with van der Waals surface area (Å²) in [5.41, 5.74) is 1.42. The molecule has 2 saturated heterocycles. The van der Waals surface area contributed by atoms with Crippen LogP contribution < -0.4 is 16.0 Å². The van der Waals surface area contributed by atoms with Crippen LogP contribution in [0.2, 0.25) is 0 Å². The second-order valence-electron chi connectivity index (χ2n) is 5.82. The quantitative estimate of drug-likeness (QED) is 0.656. The fourth-order valence-electron chi connectivity index (χ4n) is 2.73. The second kappa shape index (κ2) is 8.80. The number of benzene rings is 1. The Morgan fingerprint density at radius 3 is 2.88 bits per heavy atom. The van der Waals surface area contributed by atoms with E-state index in [9.17, 15) is 14.4 Å². The zero-order chi connectivity index (χ0) is 16.9. The molecule has 8 nitrogen and oxygen atoms in total. The Kier molecular flexibility index (Phi) is 6.74. The van der Waals surface area contributed by atoms with Gasteiger partial charge in [0.05, 0.1) is 26.3 Å². The average Bonchev–Trinajstić information content (AvgIpc) is 2.88. The van der Waals surface area contributed by atoms with E-state index in [-0.39, 0.29) is 43.4 Å². The van der Waals surface area contributed by atoms with Crippen LogP contribution in [0.25, 0.3) is 0 Å². The molecular formula is C16H21ClN4O4. The average molecular weight is 369 g/mol. The summed E-state index contributed by atoms with van der Waals surface area (Å²) in [5.74, 6) is -0.358. The van der Waals surface area contributed by atoms with Crippen molar-refractivity contribution in [2.75, 3.05) is 31.6 Å². The number of rotatable bonds is 5. The summed E-state index contributed by atoms with van der Waals surface area (Å²) in [5, 5.41) is 8.55. The lowest BCUT2D eigenvalue weighted by Gasteiger charge is -2.23. The number of ether oxygens (including phenoxy) is 1. The number of urea groups is 1. The van der Waals surface area contributed by atoms with Crippen LogP contribution in [0.4, 0.5) is 10.5 Å². The van der Waals surface area contributed by atoms with Gasteiger partial charge in [0.25, 0.3) is 0 Å². The molecule has 0 saturated carbocycles. The number of amides is 4. The van der Waals surface area contributed by atoms with Crippen molar-refractivity contribution < 1.29 is 19.1 Å². The maximum Gasteiger partial charge on any atom is 0.324 e. The molecule has 2 heterocycles. The van der Waals surface area contributed by atoms with Crippen molar-refractivity contribution in [2.45, 2.75) is 19.0 Å². The zero-order valence-corrected chi connectivity index (χ0v) is 14.4. The minimum atomic E-state index is -0.391. The van der Waals surface area contributed by atoms with E-state index in [4.69, 9.17) is 4.74 Å². The van der Waals surface area contributed by atoms with Gasteiger partial charge in [-0.1, -0.05) is 12.1 Å². The molecule has 0 spiro atoms. The smallest absolute Gasteiger partial charge is 0.324 e. The van der Waals surface area contributed by atoms with Gasteiger partial charge in [-0.3, -0.25) is 14.5 Å². The summed E-state index contributed by atoms with van der Waals surface area (Å²) in [7, 11) is 0. The second-order valence-corrected chi connectivity index (χ2v) is 5.82. The highest BCUT2D eigenvalue weighted by molar-refractivity contribution is 6.01. The van der Waals surface area contributed by atoms with Crippen molar-refractivity contribution >= 4 is 35.9 Å². The van der Waals surface area contributed by atoms with Gasteiger partial charge in [0.15, 0.2) is 0 Å². The van der Waals surface area contributed by atoms with Crippen molar-refractivity contribution in [3.05, 3.63) is 29.8 Å². The Morgan fingerprint density at radius 1 is 1.36 bits per heavy atom. The maximum atomic E-state index is 12.1. The van der Waals surface area contributed by atoms with Crippen LogP contribution in [-0.4, -0.2) is 55.1 Å². The van der Waals surface area contributed by atoms with Crippen LogP contribution in [0.15, 0.2) is 24.3 Å². The first-order valence-electron chi connectivity index (χ1n) is 7.90. The predicted molar refractivity (Wildman–Crippen MR) is 93.5 cm³/mol. The Bertz CT molecular complexity index is 633. The number of anilines is 1. The topological polar surface area (TPSA) is 99.8 Å². The molecule has 2 aliphatic heterocycles. The minimum Gasteiger partial charge on any atom is -0.378 e. The van der Waals surface area contributed by atoms with Crippen LogP contribution in [0.5, 0.6) is 0 Å². The largest absolute Gasteiger partial charge is 0.378 e. The Hall–Kier alpha value is -2.16. The maximum absolute atomic E-state index is 12.1. The SMILES string of the molecule is Cl.O=C(CC1COCCN1)Nc1cccc(CN2C(=O)CNC2=O)c1. The first-order valence-corrected chi connectivity index (χ1v) is 7.90. The molecule has 0 aliphatic carbocycles. The number of nitrogens with zero attached hydrogens (tertiary/aromatic N) is 1. The first kappa shape index (κ1) is 19.2. The van der Waals surface area contributed by atoms with E-state index in [0.717, 1.165) is 17.0 Å². The van der Waals surface area contributed by atoms with Gasteiger partial charge in [-0.25, -0.2) is 4.79 Å². The lowest BCUT2D eigenvalue weighted by Crippen LogP contribution is -2.43. The molecule has 136 valence electrons. The molecule has 1 atom stereocenters. The number of carbonyl (C=O) groups excluding carboxylic acids is 3. The fraction of sp³-hybridized carbons (Fsp3) is 0.438. The third-order valence-corrected chi connectivity index (χ3v) is 3.92. The summed E-state index contributed by atoms with van der Waals surface area (Å²) in [6.45, 7) is 2.17. The van der Waals surface area contributed by atoms with Crippen molar-refractivity contribution in [1.82, 2.24) is 15.5 Å². The third-order valence-electron chi connectivity index (χ3n) is 3.92. The standard InChI is InChI=1S/C16H20N4O4.ClH/c21-14(7-13-10-24-5-4-17-13)19-12-3-1-2-11(6-12)9-20-15(22)8-18-16(20)23;/h1-3,6,13,17H,4-5,7-10H2,(H,18,23)(H,19,21);1H. The van der Waals surface area contributed by atoms with Gasteiger partial charge in [-0.15, -0.1) is 12.4 Å². The molecule has 1 aromatic rings. The van der Waals surface area contributed by atoms with Crippen molar-refractivity contribution in [3.63, 3.8) is 0 Å². The summed E-state index contributed by atoms with van der Waals surface area (Å²) in [6, 6.07) is 6.77. The first-order chi connectivity index (χ1) is 11.6. The molecule has 4 amide bonds. The van der Waals surface area contributed by atoms with Crippen LogP contribution in [0, 0.1) is 0 Å². The van der Waals surface area contributed by atoms with Crippen LogP contribution in [0.1, 0.15) is 12.0 Å². The molecule has 1 aromatic carbocycles. The molecule has 0 bridgehead atoms. The zero-order valence-electron chi connectivity index (χ0n) is 13.6.